The van der Waals surface area contributed by atoms with E-state index in [1.165, 1.54) is 0 Å². The smallest absolute Gasteiger partial charge is 0.141 e. The van der Waals surface area contributed by atoms with Crippen LogP contribution in [0, 0.1) is 0 Å². The van der Waals surface area contributed by atoms with E-state index in [4.69, 9.17) is 0 Å². The molecule has 1 aromatic carbocycles. The topological polar surface area (TPSA) is 56.6 Å². The Morgan fingerprint density at radius 3 is 2.63 bits per heavy atom. The molecule has 4 nitrogen and oxygen atoms in total. The lowest BCUT2D eigenvalue weighted by molar-refractivity contribution is 0.120. The van der Waals surface area contributed by atoms with E-state index in [1.807, 2.05) is 12.1 Å². The Bertz CT molecular complexity index is 553. The number of likely N-dealkylation sites (N-methyl/N-ethyl adjacent to an activating group) is 1. The Balaban J connectivity index is 2.37. The van der Waals surface area contributed by atoms with Gasteiger partial charge < -0.3 is 15.1 Å². The number of hydrogen-bond donors (Lipinski definition) is 2. The number of fused-ring (bicyclic) bond motifs is 1. The molecule has 0 saturated carbocycles. The third kappa shape index (κ3) is 2.85. The van der Waals surface area contributed by atoms with Crippen LogP contribution < -0.4 is 0 Å². The lowest BCUT2D eigenvalue weighted by atomic mass is 10.0. The third-order valence-corrected chi connectivity index (χ3v) is 3.47. The van der Waals surface area contributed by atoms with Gasteiger partial charge in [0.2, 0.25) is 0 Å². The van der Waals surface area contributed by atoms with Crippen LogP contribution in [-0.4, -0.2) is 39.7 Å². The van der Waals surface area contributed by atoms with Crippen LogP contribution in [0.15, 0.2) is 30.5 Å². The van der Waals surface area contributed by atoms with Gasteiger partial charge in [0, 0.05) is 18.1 Å². The molecule has 0 aliphatic carbocycles. The second-order valence-corrected chi connectivity index (χ2v) is 4.58. The number of rotatable bonds is 5. The Morgan fingerprint density at radius 2 is 1.95 bits per heavy atom. The van der Waals surface area contributed by atoms with E-state index in [0.717, 1.165) is 24.0 Å². The van der Waals surface area contributed by atoms with Crippen molar-refractivity contribution in [3.63, 3.8) is 0 Å². The highest BCUT2D eigenvalue weighted by atomic mass is 16.3. The minimum Gasteiger partial charge on any atom is -0.506 e. The lowest BCUT2D eigenvalue weighted by Crippen LogP contribution is -2.28. The summed E-state index contributed by atoms with van der Waals surface area (Å²) in [5.41, 5.74) is 1.35. The highest BCUT2D eigenvalue weighted by molar-refractivity contribution is 5.87. The number of nitrogens with zero attached hydrogens (tertiary/aromatic N) is 2. The van der Waals surface area contributed by atoms with Crippen LogP contribution >= 0.6 is 0 Å². The van der Waals surface area contributed by atoms with Crippen molar-refractivity contribution < 1.29 is 10.2 Å². The average Bonchev–Trinajstić information content (AvgIpc) is 2.44. The van der Waals surface area contributed by atoms with Crippen LogP contribution in [0.25, 0.3) is 10.9 Å². The summed E-state index contributed by atoms with van der Waals surface area (Å²) in [4.78, 5) is 6.33. The summed E-state index contributed by atoms with van der Waals surface area (Å²) in [5.74, 6) is 0.148. The molecule has 0 amide bonds. The van der Waals surface area contributed by atoms with Gasteiger partial charge in [0.15, 0.2) is 0 Å². The standard InChI is InChI=1S/C15H20N2O2/c1-3-17(4-2)10-14(19)11-8-9-16-15-12(11)6-5-7-13(15)18/h5-9,14,18-19H,3-4,10H2,1-2H3/t14-/m0/s1. The highest BCUT2D eigenvalue weighted by Crippen LogP contribution is 2.28. The van der Waals surface area contributed by atoms with Crippen molar-refractivity contribution in [2.24, 2.45) is 0 Å². The molecule has 19 heavy (non-hydrogen) atoms. The zero-order valence-corrected chi connectivity index (χ0v) is 11.4. The van der Waals surface area contributed by atoms with Crippen molar-refractivity contribution in [3.8, 4) is 5.75 Å². The molecular formula is C15H20N2O2. The molecule has 0 bridgehead atoms. The molecule has 0 aliphatic rings. The number of aromatic nitrogens is 1. The molecule has 4 heteroatoms. The number of aromatic hydroxyl groups is 1. The van der Waals surface area contributed by atoms with Crippen LogP contribution in [0.1, 0.15) is 25.5 Å². The SMILES string of the molecule is CCN(CC)C[C@H](O)c1ccnc2c(O)cccc12. The summed E-state index contributed by atoms with van der Waals surface area (Å²) in [7, 11) is 0. The number of phenols is 1. The van der Waals surface area contributed by atoms with Gasteiger partial charge in [0.05, 0.1) is 6.10 Å². The predicted molar refractivity (Wildman–Crippen MR) is 76.2 cm³/mol. The van der Waals surface area contributed by atoms with Gasteiger partial charge in [-0.15, -0.1) is 0 Å². The largest absolute Gasteiger partial charge is 0.506 e. The zero-order valence-electron chi connectivity index (χ0n) is 11.4. The van der Waals surface area contributed by atoms with Crippen molar-refractivity contribution in [2.75, 3.05) is 19.6 Å². The fourth-order valence-corrected chi connectivity index (χ4v) is 2.30. The Labute approximate surface area is 113 Å². The van der Waals surface area contributed by atoms with Gasteiger partial charge in [-0.2, -0.15) is 0 Å². The van der Waals surface area contributed by atoms with Crippen molar-refractivity contribution >= 4 is 10.9 Å². The van der Waals surface area contributed by atoms with Crippen molar-refractivity contribution in [1.82, 2.24) is 9.88 Å². The zero-order chi connectivity index (χ0) is 13.8. The van der Waals surface area contributed by atoms with E-state index in [9.17, 15) is 10.2 Å². The molecule has 0 spiro atoms. The normalized spacial score (nSPS) is 13.1. The first-order chi connectivity index (χ1) is 9.17. The highest BCUT2D eigenvalue weighted by Gasteiger charge is 2.15. The number of aliphatic hydroxyl groups excluding tert-OH is 1. The van der Waals surface area contributed by atoms with Crippen LogP contribution in [0.3, 0.4) is 0 Å². The number of hydrogen-bond acceptors (Lipinski definition) is 4. The van der Waals surface area contributed by atoms with Gasteiger partial charge in [-0.1, -0.05) is 26.0 Å². The van der Waals surface area contributed by atoms with Crippen LogP contribution in [0.2, 0.25) is 0 Å². The van der Waals surface area contributed by atoms with Gasteiger partial charge in [0.1, 0.15) is 11.3 Å². The van der Waals surface area contributed by atoms with E-state index < -0.39 is 6.10 Å². The Morgan fingerprint density at radius 1 is 1.21 bits per heavy atom. The summed E-state index contributed by atoms with van der Waals surface area (Å²) >= 11 is 0. The summed E-state index contributed by atoms with van der Waals surface area (Å²) in [6.45, 7) is 6.55. The molecule has 1 aromatic heterocycles. The van der Waals surface area contributed by atoms with Crippen molar-refractivity contribution in [3.05, 3.63) is 36.0 Å². The lowest BCUT2D eigenvalue weighted by Gasteiger charge is -2.22. The number of pyridine rings is 1. The molecule has 1 atom stereocenters. The predicted octanol–water partition coefficient (Wildman–Crippen LogP) is 2.32. The second-order valence-electron chi connectivity index (χ2n) is 4.58. The molecule has 0 fully saturated rings. The van der Waals surface area contributed by atoms with Gasteiger partial charge in [-0.3, -0.25) is 4.98 Å². The maximum Gasteiger partial charge on any atom is 0.141 e. The molecular weight excluding hydrogens is 240 g/mol. The molecule has 1 heterocycles. The number of benzene rings is 1. The van der Waals surface area contributed by atoms with Crippen molar-refractivity contribution in [2.45, 2.75) is 20.0 Å². The maximum absolute atomic E-state index is 10.4. The first-order valence-corrected chi connectivity index (χ1v) is 6.64. The number of aliphatic hydroxyl groups is 1. The van der Waals surface area contributed by atoms with Crippen LogP contribution in [0.5, 0.6) is 5.75 Å². The van der Waals surface area contributed by atoms with Gasteiger partial charge in [0.25, 0.3) is 0 Å². The van der Waals surface area contributed by atoms with E-state index >= 15 is 0 Å². The van der Waals surface area contributed by atoms with E-state index in [1.54, 1.807) is 18.3 Å². The molecule has 102 valence electrons. The summed E-state index contributed by atoms with van der Waals surface area (Å²) < 4.78 is 0. The molecule has 0 saturated heterocycles. The maximum atomic E-state index is 10.4. The van der Waals surface area contributed by atoms with Crippen LogP contribution in [0.4, 0.5) is 0 Å². The van der Waals surface area contributed by atoms with E-state index in [2.05, 4.69) is 23.7 Å². The summed E-state index contributed by atoms with van der Waals surface area (Å²) in [6, 6.07) is 7.07. The first kappa shape index (κ1) is 13.8. The average molecular weight is 260 g/mol. The molecule has 0 unspecified atom stereocenters. The van der Waals surface area contributed by atoms with Crippen molar-refractivity contribution in [1.29, 1.82) is 0 Å². The summed E-state index contributed by atoms with van der Waals surface area (Å²) in [6.07, 6.45) is 1.05. The first-order valence-electron chi connectivity index (χ1n) is 6.64. The minimum absolute atomic E-state index is 0.148. The molecule has 2 aromatic rings. The Hall–Kier alpha value is -1.65. The van der Waals surface area contributed by atoms with Gasteiger partial charge in [-0.25, -0.2) is 0 Å². The fraction of sp³-hybridized carbons (Fsp3) is 0.400. The second kappa shape index (κ2) is 5.99. The molecule has 0 radical (unpaired) electrons. The number of phenolic OH excluding ortho intramolecular Hbond substituents is 1. The van der Waals surface area contributed by atoms with Gasteiger partial charge in [-0.05, 0) is 30.8 Å². The summed E-state index contributed by atoms with van der Waals surface area (Å²) in [5, 5.41) is 21.0. The van der Waals surface area contributed by atoms with E-state index in [-0.39, 0.29) is 5.75 Å². The third-order valence-electron chi connectivity index (χ3n) is 3.47. The van der Waals surface area contributed by atoms with Crippen LogP contribution in [-0.2, 0) is 0 Å². The monoisotopic (exact) mass is 260 g/mol. The molecule has 0 aliphatic heterocycles. The van der Waals surface area contributed by atoms with E-state index in [0.29, 0.717) is 12.1 Å². The molecule has 2 N–H and O–H groups in total. The minimum atomic E-state index is -0.577. The fourth-order valence-electron chi connectivity index (χ4n) is 2.30. The Kier molecular flexibility index (Phi) is 4.35. The molecule has 2 rings (SSSR count). The van der Waals surface area contributed by atoms with Gasteiger partial charge >= 0.3 is 0 Å². The number of para-hydroxylation sites is 1. The quantitative estimate of drug-likeness (QED) is 0.866.